The fourth-order valence-corrected chi connectivity index (χ4v) is 3.11. The largest absolute Gasteiger partial charge is 0.465 e. The van der Waals surface area contributed by atoms with Gasteiger partial charge in [-0.15, -0.1) is 0 Å². The second-order valence-corrected chi connectivity index (χ2v) is 6.30. The molecule has 0 bridgehead atoms. The van der Waals surface area contributed by atoms with Crippen LogP contribution in [0.15, 0.2) is 34.9 Å². The molecule has 3 aromatic rings. The van der Waals surface area contributed by atoms with Gasteiger partial charge < -0.3 is 20.3 Å². The van der Waals surface area contributed by atoms with E-state index in [1.54, 1.807) is 11.9 Å². The number of carbonyl (C=O) groups is 1. The number of rotatable bonds is 4. The van der Waals surface area contributed by atoms with Gasteiger partial charge in [-0.3, -0.25) is 4.90 Å². The maximum Gasteiger partial charge on any atom is 0.407 e. The van der Waals surface area contributed by atoms with E-state index in [0.29, 0.717) is 18.9 Å². The summed E-state index contributed by atoms with van der Waals surface area (Å²) in [5, 5.41) is 13.2. The van der Waals surface area contributed by atoms with Crippen LogP contribution < -0.4 is 10.6 Å². The molecule has 1 aliphatic heterocycles. The Morgan fingerprint density at radius 3 is 2.75 bits per heavy atom. The molecular weight excluding hydrogens is 364 g/mol. The zero-order chi connectivity index (χ0) is 19.7. The topological polar surface area (TPSA) is 147 Å². The predicted molar refractivity (Wildman–Crippen MR) is 98.7 cm³/mol. The minimum atomic E-state index is -1.02. The van der Waals surface area contributed by atoms with Crippen molar-refractivity contribution in [2.45, 2.75) is 18.9 Å². The van der Waals surface area contributed by atoms with Crippen LogP contribution in [0.4, 0.5) is 22.4 Å². The first-order valence-corrected chi connectivity index (χ1v) is 8.67. The van der Waals surface area contributed by atoms with Gasteiger partial charge in [0.1, 0.15) is 6.04 Å². The Labute approximate surface area is 159 Å². The average Bonchev–Trinajstić information content (AvgIpc) is 3.37. The number of hydrogen-bond donors (Lipinski definition) is 2. The lowest BCUT2D eigenvalue weighted by Crippen LogP contribution is -2.28. The van der Waals surface area contributed by atoms with E-state index >= 15 is 0 Å². The van der Waals surface area contributed by atoms with Crippen LogP contribution in [0.25, 0.3) is 11.6 Å². The van der Waals surface area contributed by atoms with E-state index in [-0.39, 0.29) is 23.5 Å². The Kier molecular flexibility index (Phi) is 4.47. The highest BCUT2D eigenvalue weighted by molar-refractivity contribution is 5.66. The van der Waals surface area contributed by atoms with Crippen molar-refractivity contribution in [2.75, 3.05) is 24.2 Å². The first kappa shape index (κ1) is 17.6. The molecule has 4 rings (SSSR count). The van der Waals surface area contributed by atoms with Crippen molar-refractivity contribution in [3.05, 3.63) is 36.2 Å². The van der Waals surface area contributed by atoms with Gasteiger partial charge in [0.2, 0.25) is 29.4 Å². The molecule has 0 saturated carbocycles. The molecule has 1 aromatic carbocycles. The van der Waals surface area contributed by atoms with E-state index in [4.69, 9.17) is 10.3 Å². The number of likely N-dealkylation sites (tertiary alicyclic amines) is 1. The quantitative estimate of drug-likeness (QED) is 0.687. The third-order valence-electron chi connectivity index (χ3n) is 4.51. The van der Waals surface area contributed by atoms with E-state index in [2.05, 4.69) is 25.1 Å². The standard InChI is InChI=1S/C17H18N8O3/c1-24(10-6-3-2-4-7-10)16-21-12(20-15(18)22-16)13-19-14(28-23-13)11-8-5-9-25(11)17(26)27/h2-4,6-7,11H,5,8-9H2,1H3,(H,26,27)(H2,18,20,21,22)/t11-/m0/s1. The number of amides is 1. The van der Waals surface area contributed by atoms with Gasteiger partial charge in [-0.2, -0.15) is 19.9 Å². The number of nitrogen functional groups attached to an aromatic ring is 1. The molecule has 1 saturated heterocycles. The number of carboxylic acid groups (broad SMARTS) is 1. The maximum absolute atomic E-state index is 11.3. The lowest BCUT2D eigenvalue weighted by Gasteiger charge is -2.17. The van der Waals surface area contributed by atoms with E-state index in [1.807, 2.05) is 30.3 Å². The van der Waals surface area contributed by atoms with E-state index in [1.165, 1.54) is 4.90 Å². The molecule has 1 aliphatic rings. The highest BCUT2D eigenvalue weighted by Gasteiger charge is 2.34. The first-order chi connectivity index (χ1) is 13.5. The lowest BCUT2D eigenvalue weighted by molar-refractivity contribution is 0.131. The van der Waals surface area contributed by atoms with Crippen molar-refractivity contribution in [3.63, 3.8) is 0 Å². The van der Waals surface area contributed by atoms with Crippen molar-refractivity contribution < 1.29 is 14.4 Å². The maximum atomic E-state index is 11.3. The fraction of sp³-hybridized carbons (Fsp3) is 0.294. The molecule has 11 heteroatoms. The number of benzene rings is 1. The Hall–Kier alpha value is -3.76. The van der Waals surface area contributed by atoms with Crippen LogP contribution in [0.2, 0.25) is 0 Å². The monoisotopic (exact) mass is 382 g/mol. The molecule has 1 amide bonds. The normalized spacial score (nSPS) is 16.3. The summed E-state index contributed by atoms with van der Waals surface area (Å²) in [7, 11) is 1.80. The van der Waals surface area contributed by atoms with Gasteiger partial charge in [-0.05, 0) is 25.0 Å². The zero-order valence-corrected chi connectivity index (χ0v) is 15.1. The van der Waals surface area contributed by atoms with Crippen LogP contribution in [-0.2, 0) is 0 Å². The van der Waals surface area contributed by atoms with Crippen LogP contribution in [0.5, 0.6) is 0 Å². The van der Waals surface area contributed by atoms with Crippen molar-refractivity contribution in [2.24, 2.45) is 0 Å². The molecule has 1 fully saturated rings. The fourth-order valence-electron chi connectivity index (χ4n) is 3.11. The number of anilines is 3. The minimum Gasteiger partial charge on any atom is -0.465 e. The number of para-hydroxylation sites is 1. The molecule has 0 aliphatic carbocycles. The van der Waals surface area contributed by atoms with Crippen LogP contribution in [0.3, 0.4) is 0 Å². The van der Waals surface area contributed by atoms with E-state index in [0.717, 1.165) is 12.1 Å². The van der Waals surface area contributed by atoms with Crippen LogP contribution in [-0.4, -0.2) is 54.8 Å². The van der Waals surface area contributed by atoms with E-state index < -0.39 is 12.1 Å². The highest BCUT2D eigenvalue weighted by Crippen LogP contribution is 2.31. The molecule has 2 aromatic heterocycles. The van der Waals surface area contributed by atoms with Crippen molar-refractivity contribution in [3.8, 4) is 11.6 Å². The molecule has 11 nitrogen and oxygen atoms in total. The Balaban J connectivity index is 1.64. The lowest BCUT2D eigenvalue weighted by atomic mass is 10.2. The zero-order valence-electron chi connectivity index (χ0n) is 15.1. The molecule has 0 unspecified atom stereocenters. The minimum absolute atomic E-state index is 0.0159. The SMILES string of the molecule is CN(c1ccccc1)c1nc(N)nc(-c2noc([C@@H]3CCCN3C(=O)O)n2)n1. The van der Waals surface area contributed by atoms with Crippen molar-refractivity contribution >= 4 is 23.7 Å². The van der Waals surface area contributed by atoms with Gasteiger partial charge in [-0.1, -0.05) is 23.4 Å². The van der Waals surface area contributed by atoms with Gasteiger partial charge >= 0.3 is 6.09 Å². The molecule has 0 radical (unpaired) electrons. The van der Waals surface area contributed by atoms with Gasteiger partial charge in [-0.25, -0.2) is 4.79 Å². The molecule has 28 heavy (non-hydrogen) atoms. The number of hydrogen-bond acceptors (Lipinski definition) is 9. The summed E-state index contributed by atoms with van der Waals surface area (Å²) in [5.74, 6) is 0.839. The Morgan fingerprint density at radius 1 is 1.21 bits per heavy atom. The summed E-state index contributed by atoms with van der Waals surface area (Å²) in [6.07, 6.45) is 0.340. The molecule has 3 N–H and O–H groups in total. The number of aromatic nitrogens is 5. The van der Waals surface area contributed by atoms with Gasteiger partial charge in [0.15, 0.2) is 0 Å². The molecule has 1 atom stereocenters. The van der Waals surface area contributed by atoms with Gasteiger partial charge in [0, 0.05) is 19.3 Å². The smallest absolute Gasteiger partial charge is 0.407 e. The molecular formula is C17H18N8O3. The third-order valence-corrected chi connectivity index (χ3v) is 4.51. The summed E-state index contributed by atoms with van der Waals surface area (Å²) in [4.78, 5) is 31.3. The van der Waals surface area contributed by atoms with Crippen molar-refractivity contribution in [1.82, 2.24) is 30.0 Å². The Bertz CT molecular complexity index is 993. The third kappa shape index (κ3) is 3.29. The number of nitrogens with zero attached hydrogens (tertiary/aromatic N) is 7. The van der Waals surface area contributed by atoms with Gasteiger partial charge in [0.25, 0.3) is 0 Å². The van der Waals surface area contributed by atoms with Crippen molar-refractivity contribution in [1.29, 1.82) is 0 Å². The van der Waals surface area contributed by atoms with Gasteiger partial charge in [0.05, 0.1) is 0 Å². The molecule has 3 heterocycles. The first-order valence-electron chi connectivity index (χ1n) is 8.67. The predicted octanol–water partition coefficient (Wildman–Crippen LogP) is 2.09. The average molecular weight is 382 g/mol. The van der Waals surface area contributed by atoms with Crippen LogP contribution >= 0.6 is 0 Å². The van der Waals surface area contributed by atoms with Crippen LogP contribution in [0, 0.1) is 0 Å². The Morgan fingerprint density at radius 2 is 2.00 bits per heavy atom. The second-order valence-electron chi connectivity index (χ2n) is 6.30. The van der Waals surface area contributed by atoms with Crippen LogP contribution in [0.1, 0.15) is 24.8 Å². The molecule has 144 valence electrons. The molecule has 0 spiro atoms. The number of nitrogens with two attached hydrogens (primary N) is 1. The highest BCUT2D eigenvalue weighted by atomic mass is 16.5. The van der Waals surface area contributed by atoms with E-state index in [9.17, 15) is 9.90 Å². The summed E-state index contributed by atoms with van der Waals surface area (Å²) in [6.45, 7) is 0.433. The summed E-state index contributed by atoms with van der Waals surface area (Å²) in [6, 6.07) is 9.06. The summed E-state index contributed by atoms with van der Waals surface area (Å²) >= 11 is 0. The summed E-state index contributed by atoms with van der Waals surface area (Å²) < 4.78 is 5.29. The second kappa shape index (κ2) is 7.10. The summed E-state index contributed by atoms with van der Waals surface area (Å²) in [5.41, 5.74) is 6.71.